The first-order valence-corrected chi connectivity index (χ1v) is 11.1. The largest absolute Gasteiger partial charge is 0.462 e. The molecule has 33 heavy (non-hydrogen) atoms. The van der Waals surface area contributed by atoms with Gasteiger partial charge in [0, 0.05) is 37.4 Å². The SMILES string of the molecule is CCOC(=O)c1sc2c(NC(=O)c3ccc(N4CCN(C)CC4)cc3)ncn2c1C(F)(F)F. The molecule has 0 radical (unpaired) electrons. The van der Waals surface area contributed by atoms with Gasteiger partial charge in [-0.3, -0.25) is 9.20 Å². The summed E-state index contributed by atoms with van der Waals surface area (Å²) in [5.41, 5.74) is 0.161. The van der Waals surface area contributed by atoms with Crippen LogP contribution in [0, 0.1) is 0 Å². The number of nitrogens with one attached hydrogen (secondary N) is 1. The van der Waals surface area contributed by atoms with E-state index in [1.807, 2.05) is 12.1 Å². The predicted molar refractivity (Wildman–Crippen MR) is 118 cm³/mol. The standard InChI is InChI=1S/C21H22F3N5O3S/c1-3-32-20(31)15-16(21(22,23)24)29-12-25-17(19(29)33-15)26-18(30)13-4-6-14(7-5-13)28-10-8-27(2)9-11-28/h4-7,12H,3,8-11H2,1-2H3,(H,26,30). The maximum Gasteiger partial charge on any atom is 0.433 e. The zero-order chi connectivity index (χ0) is 23.8. The van der Waals surface area contributed by atoms with Gasteiger partial charge in [0.25, 0.3) is 5.91 Å². The predicted octanol–water partition coefficient (Wildman–Crippen LogP) is 3.60. The number of hydrogen-bond acceptors (Lipinski definition) is 7. The molecule has 0 saturated carbocycles. The molecule has 0 unspecified atom stereocenters. The number of amides is 1. The second-order valence-corrected chi connectivity index (χ2v) is 8.56. The van der Waals surface area contributed by atoms with Gasteiger partial charge in [0.15, 0.2) is 11.5 Å². The Labute approximate surface area is 191 Å². The Bertz CT molecular complexity index is 1160. The molecular weight excluding hydrogens is 459 g/mol. The Morgan fingerprint density at radius 3 is 2.42 bits per heavy atom. The molecular formula is C21H22F3N5O3S. The van der Waals surface area contributed by atoms with Crippen molar-refractivity contribution in [2.24, 2.45) is 0 Å². The molecule has 12 heteroatoms. The van der Waals surface area contributed by atoms with E-state index >= 15 is 0 Å². The first-order chi connectivity index (χ1) is 15.7. The molecule has 8 nitrogen and oxygen atoms in total. The maximum atomic E-state index is 13.6. The van der Waals surface area contributed by atoms with Crippen molar-refractivity contribution in [2.45, 2.75) is 13.1 Å². The van der Waals surface area contributed by atoms with Crippen molar-refractivity contribution in [3.05, 3.63) is 46.7 Å². The lowest BCUT2D eigenvalue weighted by Crippen LogP contribution is -2.44. The lowest BCUT2D eigenvalue weighted by molar-refractivity contribution is -0.142. The van der Waals surface area contributed by atoms with Gasteiger partial charge in [-0.25, -0.2) is 9.78 Å². The fourth-order valence-corrected chi connectivity index (χ4v) is 4.69. The van der Waals surface area contributed by atoms with Crippen molar-refractivity contribution in [3.8, 4) is 0 Å². The number of esters is 1. The molecule has 4 rings (SSSR count). The Balaban J connectivity index is 1.56. The fourth-order valence-electron chi connectivity index (χ4n) is 3.60. The molecule has 3 aromatic rings. The second kappa shape index (κ2) is 9.02. The highest BCUT2D eigenvalue weighted by Crippen LogP contribution is 2.39. The number of nitrogens with zero attached hydrogens (tertiary/aromatic N) is 4. The number of halogens is 3. The number of thiazole rings is 1. The summed E-state index contributed by atoms with van der Waals surface area (Å²) in [5.74, 6) is -1.65. The van der Waals surface area contributed by atoms with Crippen molar-refractivity contribution in [2.75, 3.05) is 50.1 Å². The lowest BCUT2D eigenvalue weighted by Gasteiger charge is -2.34. The number of rotatable bonds is 5. The van der Waals surface area contributed by atoms with E-state index in [9.17, 15) is 22.8 Å². The molecule has 1 amide bonds. The summed E-state index contributed by atoms with van der Waals surface area (Å²) in [6.45, 7) is 5.12. The summed E-state index contributed by atoms with van der Waals surface area (Å²) in [6, 6.07) is 7.01. The molecule has 2 aromatic heterocycles. The average Bonchev–Trinajstić information content (AvgIpc) is 3.34. The number of alkyl halides is 3. The summed E-state index contributed by atoms with van der Waals surface area (Å²) in [4.78, 5) is 32.6. The lowest BCUT2D eigenvalue weighted by atomic mass is 10.1. The summed E-state index contributed by atoms with van der Waals surface area (Å²) < 4.78 is 46.4. The molecule has 1 fully saturated rings. The molecule has 0 bridgehead atoms. The van der Waals surface area contributed by atoms with Crippen LogP contribution in [-0.2, 0) is 10.9 Å². The molecule has 1 N–H and O–H groups in total. The molecule has 1 saturated heterocycles. The van der Waals surface area contributed by atoms with Crippen LogP contribution in [0.4, 0.5) is 24.7 Å². The van der Waals surface area contributed by atoms with Crippen LogP contribution < -0.4 is 10.2 Å². The number of likely N-dealkylation sites (N-methyl/N-ethyl adjacent to an activating group) is 1. The second-order valence-electron chi connectivity index (χ2n) is 7.56. The highest BCUT2D eigenvalue weighted by molar-refractivity contribution is 7.20. The van der Waals surface area contributed by atoms with Gasteiger partial charge in [-0.2, -0.15) is 13.2 Å². The van der Waals surface area contributed by atoms with Crippen molar-refractivity contribution in [1.29, 1.82) is 0 Å². The van der Waals surface area contributed by atoms with Crippen LogP contribution in [0.2, 0.25) is 0 Å². The van der Waals surface area contributed by atoms with Gasteiger partial charge in [-0.1, -0.05) is 0 Å². The minimum absolute atomic E-state index is 0.00668. The molecule has 0 aliphatic carbocycles. The zero-order valence-electron chi connectivity index (χ0n) is 18.0. The van der Waals surface area contributed by atoms with E-state index in [2.05, 4.69) is 27.1 Å². The van der Waals surface area contributed by atoms with Gasteiger partial charge in [0.2, 0.25) is 0 Å². The Hall–Kier alpha value is -3.12. The summed E-state index contributed by atoms with van der Waals surface area (Å²) in [6.07, 6.45) is -3.87. The van der Waals surface area contributed by atoms with Gasteiger partial charge in [0.1, 0.15) is 16.0 Å². The maximum absolute atomic E-state index is 13.6. The van der Waals surface area contributed by atoms with Crippen molar-refractivity contribution in [3.63, 3.8) is 0 Å². The summed E-state index contributed by atoms with van der Waals surface area (Å²) >= 11 is 0.571. The molecule has 176 valence electrons. The van der Waals surface area contributed by atoms with E-state index in [0.717, 1.165) is 42.6 Å². The average molecular weight is 482 g/mol. The topological polar surface area (TPSA) is 79.2 Å². The molecule has 1 aromatic carbocycles. The minimum atomic E-state index is -4.80. The summed E-state index contributed by atoms with van der Waals surface area (Å²) in [5, 5.41) is 2.55. The third-order valence-corrected chi connectivity index (χ3v) is 6.49. The van der Waals surface area contributed by atoms with E-state index in [1.54, 1.807) is 12.1 Å². The van der Waals surface area contributed by atoms with Crippen LogP contribution >= 0.6 is 11.3 Å². The number of hydrogen-bond donors (Lipinski definition) is 1. The van der Waals surface area contributed by atoms with Gasteiger partial charge in [-0.05, 0) is 38.2 Å². The Kier molecular flexibility index (Phi) is 6.30. The number of carbonyl (C=O) groups is 2. The number of anilines is 2. The van der Waals surface area contributed by atoms with Crippen molar-refractivity contribution in [1.82, 2.24) is 14.3 Å². The molecule has 0 atom stereocenters. The number of piperazine rings is 1. The molecule has 3 heterocycles. The molecule has 1 aliphatic heterocycles. The first kappa shape index (κ1) is 23.1. The van der Waals surface area contributed by atoms with Gasteiger partial charge >= 0.3 is 12.1 Å². The first-order valence-electron chi connectivity index (χ1n) is 10.3. The van der Waals surface area contributed by atoms with Crippen LogP contribution in [0.3, 0.4) is 0 Å². The minimum Gasteiger partial charge on any atom is -0.462 e. The highest BCUT2D eigenvalue weighted by Gasteiger charge is 2.41. The number of fused-ring (bicyclic) bond motifs is 1. The van der Waals surface area contributed by atoms with E-state index < -0.39 is 28.6 Å². The van der Waals surface area contributed by atoms with Crippen LogP contribution in [0.15, 0.2) is 30.6 Å². The van der Waals surface area contributed by atoms with Crippen LogP contribution in [0.5, 0.6) is 0 Å². The quantitative estimate of drug-likeness (QED) is 0.561. The third-order valence-electron chi connectivity index (χ3n) is 5.34. The van der Waals surface area contributed by atoms with E-state index in [1.165, 1.54) is 6.92 Å². The van der Waals surface area contributed by atoms with Crippen LogP contribution in [0.1, 0.15) is 32.6 Å². The van der Waals surface area contributed by atoms with Crippen LogP contribution in [-0.4, -0.2) is 66.0 Å². The number of carbonyl (C=O) groups excluding carboxylic acids is 2. The summed E-state index contributed by atoms with van der Waals surface area (Å²) in [7, 11) is 2.07. The van der Waals surface area contributed by atoms with Crippen LogP contribution in [0.25, 0.3) is 4.83 Å². The Morgan fingerprint density at radius 2 is 1.82 bits per heavy atom. The van der Waals surface area contributed by atoms with Crippen molar-refractivity contribution >= 4 is 39.5 Å². The normalized spacial score (nSPS) is 15.1. The number of aromatic nitrogens is 2. The zero-order valence-corrected chi connectivity index (χ0v) is 18.8. The van der Waals surface area contributed by atoms with E-state index in [4.69, 9.17) is 4.74 Å². The van der Waals surface area contributed by atoms with Crippen molar-refractivity contribution < 1.29 is 27.5 Å². The van der Waals surface area contributed by atoms with Gasteiger partial charge in [-0.15, -0.1) is 11.3 Å². The van der Waals surface area contributed by atoms with E-state index in [-0.39, 0.29) is 17.3 Å². The smallest absolute Gasteiger partial charge is 0.433 e. The fraction of sp³-hybridized carbons (Fsp3) is 0.381. The number of imidazole rings is 1. The Morgan fingerprint density at radius 1 is 1.15 bits per heavy atom. The third kappa shape index (κ3) is 4.67. The molecule has 0 spiro atoms. The van der Waals surface area contributed by atoms with Gasteiger partial charge < -0.3 is 19.9 Å². The number of ether oxygens (including phenoxy) is 1. The highest BCUT2D eigenvalue weighted by atomic mass is 32.1. The van der Waals surface area contributed by atoms with E-state index in [0.29, 0.717) is 16.9 Å². The van der Waals surface area contributed by atoms with Gasteiger partial charge in [0.05, 0.1) is 6.61 Å². The monoisotopic (exact) mass is 481 g/mol. The number of benzene rings is 1. The molecule has 1 aliphatic rings.